The lowest BCUT2D eigenvalue weighted by Gasteiger charge is -2.17. The lowest BCUT2D eigenvalue weighted by molar-refractivity contribution is 0.0601. The number of hydrogen-bond donors (Lipinski definition) is 2. The Kier molecular flexibility index (Phi) is 6.56. The fourth-order valence-corrected chi connectivity index (χ4v) is 2.49. The summed E-state index contributed by atoms with van der Waals surface area (Å²) in [6, 6.07) is 5.54. The molecule has 0 amide bonds. The van der Waals surface area contributed by atoms with Crippen LogP contribution in [0.25, 0.3) is 0 Å². The molecule has 0 aliphatic rings. The summed E-state index contributed by atoms with van der Waals surface area (Å²) < 4.78 is 4.66. The van der Waals surface area contributed by atoms with E-state index >= 15 is 0 Å². The highest BCUT2D eigenvalue weighted by Gasteiger charge is 2.09. The van der Waals surface area contributed by atoms with Crippen molar-refractivity contribution in [1.29, 1.82) is 0 Å². The van der Waals surface area contributed by atoms with Gasteiger partial charge in [-0.2, -0.15) is 11.8 Å². The zero-order chi connectivity index (χ0) is 14.3. The van der Waals surface area contributed by atoms with Crippen LogP contribution in [-0.4, -0.2) is 30.6 Å². The molecule has 0 radical (unpaired) electrons. The summed E-state index contributed by atoms with van der Waals surface area (Å²) in [6.45, 7) is 4.29. The second-order valence-corrected chi connectivity index (χ2v) is 5.72. The van der Waals surface area contributed by atoms with Gasteiger partial charge in [-0.15, -0.1) is 0 Å². The van der Waals surface area contributed by atoms with Gasteiger partial charge in [0.15, 0.2) is 0 Å². The van der Waals surface area contributed by atoms with E-state index in [1.807, 2.05) is 17.8 Å². The molecule has 0 saturated heterocycles. The maximum absolute atomic E-state index is 11.4. The van der Waals surface area contributed by atoms with Crippen molar-refractivity contribution in [2.75, 3.05) is 29.7 Å². The van der Waals surface area contributed by atoms with Crippen molar-refractivity contribution >= 4 is 29.1 Å². The molecule has 0 spiro atoms. The summed E-state index contributed by atoms with van der Waals surface area (Å²) >= 11 is 1.93. The molecule has 0 heterocycles. The van der Waals surface area contributed by atoms with Crippen LogP contribution in [0, 0.1) is 0 Å². The highest BCUT2D eigenvalue weighted by Crippen LogP contribution is 2.22. The molecular weight excluding hydrogens is 260 g/mol. The first-order chi connectivity index (χ1) is 9.08. The lowest BCUT2D eigenvalue weighted by Crippen LogP contribution is -2.17. The van der Waals surface area contributed by atoms with E-state index in [-0.39, 0.29) is 5.97 Å². The molecule has 1 rings (SSSR count). The van der Waals surface area contributed by atoms with Crippen LogP contribution in [0.3, 0.4) is 0 Å². The first kappa shape index (κ1) is 15.7. The molecule has 0 aliphatic carbocycles. The second-order valence-electron chi connectivity index (χ2n) is 4.32. The Hall–Kier alpha value is -1.36. The Labute approximate surface area is 119 Å². The van der Waals surface area contributed by atoms with E-state index in [1.165, 1.54) is 7.11 Å². The summed E-state index contributed by atoms with van der Waals surface area (Å²) in [7, 11) is 1.36. The highest BCUT2D eigenvalue weighted by atomic mass is 32.2. The van der Waals surface area contributed by atoms with Crippen LogP contribution >= 0.6 is 11.8 Å². The average molecular weight is 282 g/mol. The third-order valence-electron chi connectivity index (χ3n) is 2.77. The summed E-state index contributed by atoms with van der Waals surface area (Å²) in [4.78, 5) is 11.4. The number of benzene rings is 1. The van der Waals surface area contributed by atoms with E-state index < -0.39 is 0 Å². The van der Waals surface area contributed by atoms with Gasteiger partial charge in [0.1, 0.15) is 0 Å². The third kappa shape index (κ3) is 5.03. The summed E-state index contributed by atoms with van der Waals surface area (Å²) in [6.07, 6.45) is 1.08. The predicted octanol–water partition coefficient (Wildman–Crippen LogP) is 3.00. The number of esters is 1. The van der Waals surface area contributed by atoms with E-state index in [1.54, 1.807) is 12.1 Å². The van der Waals surface area contributed by atoms with E-state index in [0.717, 1.165) is 23.6 Å². The molecule has 0 bridgehead atoms. The SMILES string of the molecule is CCSCCC(C)Nc1ccc(C(=O)OC)cc1N. The predicted molar refractivity (Wildman–Crippen MR) is 82.9 cm³/mol. The molecule has 0 aliphatic heterocycles. The first-order valence-electron chi connectivity index (χ1n) is 6.40. The Balaban J connectivity index is 2.61. The molecule has 4 nitrogen and oxygen atoms in total. The zero-order valence-corrected chi connectivity index (χ0v) is 12.5. The Morgan fingerprint density at radius 1 is 1.53 bits per heavy atom. The highest BCUT2D eigenvalue weighted by molar-refractivity contribution is 7.99. The molecule has 106 valence electrons. The van der Waals surface area contributed by atoms with Gasteiger partial charge in [-0.3, -0.25) is 0 Å². The van der Waals surface area contributed by atoms with Crippen molar-refractivity contribution in [2.24, 2.45) is 0 Å². The molecule has 0 saturated carbocycles. The molecule has 1 unspecified atom stereocenters. The van der Waals surface area contributed by atoms with Crippen LogP contribution in [0.4, 0.5) is 11.4 Å². The molecule has 1 atom stereocenters. The zero-order valence-electron chi connectivity index (χ0n) is 11.7. The van der Waals surface area contributed by atoms with Gasteiger partial charge < -0.3 is 15.8 Å². The second kappa shape index (κ2) is 7.94. The number of thioether (sulfide) groups is 1. The molecule has 0 aromatic heterocycles. The van der Waals surface area contributed by atoms with Gasteiger partial charge in [-0.05, 0) is 43.0 Å². The molecule has 1 aromatic rings. The maximum Gasteiger partial charge on any atom is 0.337 e. The van der Waals surface area contributed by atoms with Gasteiger partial charge in [0.05, 0.1) is 24.0 Å². The van der Waals surface area contributed by atoms with Crippen LogP contribution in [0.15, 0.2) is 18.2 Å². The Bertz CT molecular complexity index is 424. The molecule has 1 aromatic carbocycles. The minimum absolute atomic E-state index is 0.352. The number of hydrogen-bond acceptors (Lipinski definition) is 5. The summed E-state index contributed by atoms with van der Waals surface area (Å²) in [5, 5.41) is 3.36. The number of nitrogen functional groups attached to an aromatic ring is 1. The number of carbonyl (C=O) groups is 1. The lowest BCUT2D eigenvalue weighted by atomic mass is 10.1. The van der Waals surface area contributed by atoms with Gasteiger partial charge in [-0.25, -0.2) is 4.79 Å². The van der Waals surface area contributed by atoms with Crippen molar-refractivity contribution in [1.82, 2.24) is 0 Å². The van der Waals surface area contributed by atoms with Crippen molar-refractivity contribution in [3.63, 3.8) is 0 Å². The van der Waals surface area contributed by atoms with Gasteiger partial charge in [0, 0.05) is 6.04 Å². The largest absolute Gasteiger partial charge is 0.465 e. The summed E-state index contributed by atoms with van der Waals surface area (Å²) in [5.74, 6) is 1.90. The quantitative estimate of drug-likeness (QED) is 0.457. The minimum atomic E-state index is -0.370. The standard InChI is InChI=1S/C14H22N2O2S/c1-4-19-8-7-10(2)16-13-6-5-11(9-12(13)15)14(17)18-3/h5-6,9-10,16H,4,7-8,15H2,1-3H3. The first-order valence-corrected chi connectivity index (χ1v) is 7.56. The van der Waals surface area contributed by atoms with Crippen molar-refractivity contribution in [2.45, 2.75) is 26.3 Å². The number of rotatable bonds is 7. The van der Waals surface area contributed by atoms with E-state index in [0.29, 0.717) is 17.3 Å². The van der Waals surface area contributed by atoms with Crippen LogP contribution in [0.1, 0.15) is 30.6 Å². The van der Waals surface area contributed by atoms with E-state index in [9.17, 15) is 4.79 Å². The van der Waals surface area contributed by atoms with Crippen molar-refractivity contribution in [3.05, 3.63) is 23.8 Å². The number of methoxy groups -OCH3 is 1. The molecule has 0 fully saturated rings. The average Bonchev–Trinajstić information content (AvgIpc) is 2.40. The van der Waals surface area contributed by atoms with E-state index in [2.05, 4.69) is 23.9 Å². The molecule has 5 heteroatoms. The van der Waals surface area contributed by atoms with Crippen molar-refractivity contribution in [3.8, 4) is 0 Å². The van der Waals surface area contributed by atoms with Crippen LogP contribution in [0.2, 0.25) is 0 Å². The monoisotopic (exact) mass is 282 g/mol. The number of carbonyl (C=O) groups excluding carboxylic acids is 1. The maximum atomic E-state index is 11.4. The third-order valence-corrected chi connectivity index (χ3v) is 3.71. The smallest absolute Gasteiger partial charge is 0.337 e. The molecule has 3 N–H and O–H groups in total. The molecule has 19 heavy (non-hydrogen) atoms. The fraction of sp³-hybridized carbons (Fsp3) is 0.500. The van der Waals surface area contributed by atoms with Crippen LogP contribution in [-0.2, 0) is 4.74 Å². The van der Waals surface area contributed by atoms with Gasteiger partial charge in [0.2, 0.25) is 0 Å². The topological polar surface area (TPSA) is 64.3 Å². The number of anilines is 2. The Morgan fingerprint density at radius 3 is 2.84 bits per heavy atom. The van der Waals surface area contributed by atoms with Crippen LogP contribution < -0.4 is 11.1 Å². The number of ether oxygens (including phenoxy) is 1. The Morgan fingerprint density at radius 2 is 2.26 bits per heavy atom. The number of nitrogens with two attached hydrogens (primary N) is 1. The fourth-order valence-electron chi connectivity index (χ4n) is 1.68. The van der Waals surface area contributed by atoms with Gasteiger partial charge in [-0.1, -0.05) is 6.92 Å². The normalized spacial score (nSPS) is 11.9. The minimum Gasteiger partial charge on any atom is -0.465 e. The summed E-state index contributed by atoms with van der Waals surface area (Å²) in [5.41, 5.74) is 7.84. The van der Waals surface area contributed by atoms with Crippen molar-refractivity contribution < 1.29 is 9.53 Å². The van der Waals surface area contributed by atoms with Crippen LogP contribution in [0.5, 0.6) is 0 Å². The molecular formula is C14H22N2O2S. The van der Waals surface area contributed by atoms with Gasteiger partial charge >= 0.3 is 5.97 Å². The number of nitrogens with one attached hydrogen (secondary N) is 1. The van der Waals surface area contributed by atoms with E-state index in [4.69, 9.17) is 5.73 Å². The van der Waals surface area contributed by atoms with Gasteiger partial charge in [0.25, 0.3) is 0 Å².